The number of aryl methyl sites for hydroxylation is 2. The Morgan fingerprint density at radius 3 is 2.52 bits per heavy atom. The molecule has 0 saturated carbocycles. The number of nitrogens with two attached hydrogens (primary N) is 1. The number of benzene rings is 2. The molecule has 3 N–H and O–H groups in total. The Kier molecular flexibility index (Phi) is 4.15. The maximum absolute atomic E-state index is 13.0. The van der Waals surface area contributed by atoms with Crippen molar-refractivity contribution in [1.82, 2.24) is 0 Å². The molecule has 0 fully saturated rings. The molecular formula is C19H19N3O4S. The van der Waals surface area contributed by atoms with Crippen LogP contribution in [0.15, 0.2) is 41.3 Å². The van der Waals surface area contributed by atoms with Gasteiger partial charge in [-0.05, 0) is 54.7 Å². The third-order valence-corrected chi connectivity index (χ3v) is 6.34. The molecule has 0 aliphatic carbocycles. The number of carbonyl (C=O) groups excluding carboxylic acids is 2. The highest BCUT2D eigenvalue weighted by molar-refractivity contribution is 7.92. The van der Waals surface area contributed by atoms with Gasteiger partial charge in [-0.3, -0.25) is 14.3 Å². The van der Waals surface area contributed by atoms with Crippen LogP contribution in [0.1, 0.15) is 34.3 Å². The number of amides is 2. The van der Waals surface area contributed by atoms with Crippen LogP contribution in [0, 0.1) is 0 Å². The van der Waals surface area contributed by atoms with Gasteiger partial charge in [0.05, 0.1) is 21.8 Å². The first-order valence-corrected chi connectivity index (χ1v) is 10.2. The lowest BCUT2D eigenvalue weighted by atomic mass is 9.92. The van der Waals surface area contributed by atoms with Gasteiger partial charge in [0.15, 0.2) is 0 Å². The maximum Gasteiger partial charge on any atom is 0.261 e. The van der Waals surface area contributed by atoms with Crippen LogP contribution in [0.3, 0.4) is 0 Å². The van der Waals surface area contributed by atoms with E-state index in [-0.39, 0.29) is 22.1 Å². The van der Waals surface area contributed by atoms with Crippen molar-refractivity contribution in [2.75, 3.05) is 16.2 Å². The van der Waals surface area contributed by atoms with E-state index in [0.717, 1.165) is 29.7 Å². The second-order valence-electron chi connectivity index (χ2n) is 6.75. The summed E-state index contributed by atoms with van der Waals surface area (Å²) in [7, 11) is -3.90. The summed E-state index contributed by atoms with van der Waals surface area (Å²) >= 11 is 0. The van der Waals surface area contributed by atoms with Crippen LogP contribution in [0.25, 0.3) is 0 Å². The number of sulfonamides is 1. The predicted molar refractivity (Wildman–Crippen MR) is 101 cm³/mol. The van der Waals surface area contributed by atoms with Crippen molar-refractivity contribution in [3.05, 3.63) is 53.1 Å². The fourth-order valence-corrected chi connectivity index (χ4v) is 4.95. The van der Waals surface area contributed by atoms with Gasteiger partial charge in [-0.2, -0.15) is 0 Å². The topological polar surface area (TPSA) is 110 Å². The summed E-state index contributed by atoms with van der Waals surface area (Å²) in [5.41, 5.74) is 8.20. The fraction of sp³-hybridized carbons (Fsp3) is 0.263. The zero-order chi connectivity index (χ0) is 19.2. The Balaban J connectivity index is 1.76. The average molecular weight is 385 g/mol. The largest absolute Gasteiger partial charge is 0.366 e. The van der Waals surface area contributed by atoms with E-state index >= 15 is 0 Å². The highest BCUT2D eigenvalue weighted by Gasteiger charge is 2.31. The number of rotatable bonds is 4. The first-order chi connectivity index (χ1) is 12.9. The molecule has 2 aromatic rings. The maximum atomic E-state index is 13.0. The van der Waals surface area contributed by atoms with E-state index in [9.17, 15) is 18.0 Å². The van der Waals surface area contributed by atoms with E-state index in [2.05, 4.69) is 4.72 Å². The van der Waals surface area contributed by atoms with Crippen molar-refractivity contribution in [1.29, 1.82) is 0 Å². The summed E-state index contributed by atoms with van der Waals surface area (Å²) < 4.78 is 28.4. The van der Waals surface area contributed by atoms with Crippen molar-refractivity contribution in [2.24, 2.45) is 5.73 Å². The van der Waals surface area contributed by atoms with Crippen LogP contribution in [-0.2, 0) is 27.7 Å². The van der Waals surface area contributed by atoms with E-state index in [1.165, 1.54) is 12.1 Å². The van der Waals surface area contributed by atoms with Crippen molar-refractivity contribution >= 4 is 33.2 Å². The lowest BCUT2D eigenvalue weighted by Gasteiger charge is -2.35. The van der Waals surface area contributed by atoms with E-state index in [1.54, 1.807) is 29.2 Å². The molecule has 4 rings (SSSR count). The van der Waals surface area contributed by atoms with Crippen LogP contribution >= 0.6 is 0 Å². The smallest absolute Gasteiger partial charge is 0.261 e. The first-order valence-electron chi connectivity index (χ1n) is 8.74. The van der Waals surface area contributed by atoms with Gasteiger partial charge < -0.3 is 10.6 Å². The van der Waals surface area contributed by atoms with Crippen LogP contribution in [0.4, 0.5) is 11.4 Å². The highest BCUT2D eigenvalue weighted by Crippen LogP contribution is 2.37. The molecule has 0 saturated heterocycles. The molecule has 0 unspecified atom stereocenters. The molecule has 0 atom stereocenters. The molecule has 2 heterocycles. The summed E-state index contributed by atoms with van der Waals surface area (Å²) in [6.45, 7) is 0.676. The standard InChI is InChI=1S/C19H19N3O4S/c20-19(24)15-5-1-2-6-16(15)21-27(25,26)14-10-12-4-3-9-22-17(23)8-7-13(11-14)18(12)22/h1-2,5-6,10-11,21H,3-4,7-9H2,(H2,20,24). The Labute approximate surface area is 157 Å². The van der Waals surface area contributed by atoms with Gasteiger partial charge in [0.1, 0.15) is 0 Å². The van der Waals surface area contributed by atoms with Crippen LogP contribution in [0.5, 0.6) is 0 Å². The van der Waals surface area contributed by atoms with E-state index in [1.807, 2.05) is 0 Å². The van der Waals surface area contributed by atoms with Crippen LogP contribution in [0.2, 0.25) is 0 Å². The second-order valence-corrected chi connectivity index (χ2v) is 8.44. The minimum absolute atomic E-state index is 0.0903. The molecule has 0 bridgehead atoms. The summed E-state index contributed by atoms with van der Waals surface area (Å²) in [6, 6.07) is 9.47. The zero-order valence-corrected chi connectivity index (χ0v) is 15.4. The summed E-state index contributed by atoms with van der Waals surface area (Å²) in [5, 5.41) is 0. The monoisotopic (exact) mass is 385 g/mol. The molecular weight excluding hydrogens is 366 g/mol. The second kappa shape index (κ2) is 6.38. The summed E-state index contributed by atoms with van der Waals surface area (Å²) in [6.07, 6.45) is 2.44. The van der Waals surface area contributed by atoms with E-state index in [4.69, 9.17) is 5.73 Å². The van der Waals surface area contributed by atoms with Gasteiger partial charge >= 0.3 is 0 Å². The van der Waals surface area contributed by atoms with Gasteiger partial charge in [-0.25, -0.2) is 8.42 Å². The number of anilines is 2. The van der Waals surface area contributed by atoms with Gasteiger partial charge in [-0.1, -0.05) is 12.1 Å². The fourth-order valence-electron chi connectivity index (χ4n) is 3.77. The molecule has 2 aliphatic rings. The Hall–Kier alpha value is -2.87. The first kappa shape index (κ1) is 17.5. The third-order valence-electron chi connectivity index (χ3n) is 5.00. The Bertz CT molecular complexity index is 1050. The minimum Gasteiger partial charge on any atom is -0.366 e. The Morgan fingerprint density at radius 2 is 1.78 bits per heavy atom. The molecule has 2 aliphatic heterocycles. The number of hydrogen-bond acceptors (Lipinski definition) is 4. The van der Waals surface area contributed by atoms with Crippen molar-refractivity contribution in [3.8, 4) is 0 Å². The number of nitrogens with zero attached hydrogens (tertiary/aromatic N) is 1. The Morgan fingerprint density at radius 1 is 1.07 bits per heavy atom. The van der Waals surface area contributed by atoms with E-state index in [0.29, 0.717) is 19.4 Å². The lowest BCUT2D eigenvalue weighted by molar-refractivity contribution is -0.119. The predicted octanol–water partition coefficient (Wildman–Crippen LogP) is 1.81. The summed E-state index contributed by atoms with van der Waals surface area (Å²) in [5.74, 6) is -0.615. The average Bonchev–Trinajstić information content (AvgIpc) is 2.64. The van der Waals surface area contributed by atoms with Crippen LogP contribution < -0.4 is 15.4 Å². The minimum atomic E-state index is -3.90. The molecule has 8 heteroatoms. The molecule has 0 spiro atoms. The highest BCUT2D eigenvalue weighted by atomic mass is 32.2. The van der Waals surface area contributed by atoms with Crippen molar-refractivity contribution < 1.29 is 18.0 Å². The quantitative estimate of drug-likeness (QED) is 0.836. The zero-order valence-electron chi connectivity index (χ0n) is 14.6. The number of nitrogens with one attached hydrogen (secondary N) is 1. The molecule has 140 valence electrons. The molecule has 2 aromatic carbocycles. The normalized spacial score (nSPS) is 16.0. The third kappa shape index (κ3) is 3.06. The number of primary amides is 1. The summed E-state index contributed by atoms with van der Waals surface area (Å²) in [4.78, 5) is 25.6. The van der Waals surface area contributed by atoms with Crippen molar-refractivity contribution in [3.63, 3.8) is 0 Å². The van der Waals surface area contributed by atoms with Crippen molar-refractivity contribution in [2.45, 2.75) is 30.6 Å². The molecule has 0 aromatic heterocycles. The molecule has 2 amide bonds. The van der Waals surface area contributed by atoms with Gasteiger partial charge in [0, 0.05) is 13.0 Å². The molecule has 27 heavy (non-hydrogen) atoms. The van der Waals surface area contributed by atoms with Gasteiger partial charge in [0.2, 0.25) is 5.91 Å². The van der Waals surface area contributed by atoms with Gasteiger partial charge in [0.25, 0.3) is 15.9 Å². The SMILES string of the molecule is NC(=O)c1ccccc1NS(=O)(=O)c1cc2c3c(c1)CCC(=O)N3CCC2. The molecule has 0 radical (unpaired) electrons. The number of para-hydroxylation sites is 1. The van der Waals surface area contributed by atoms with Gasteiger partial charge in [-0.15, -0.1) is 0 Å². The number of carbonyl (C=O) groups is 2. The number of hydrogen-bond donors (Lipinski definition) is 2. The molecule has 7 nitrogen and oxygen atoms in total. The van der Waals surface area contributed by atoms with E-state index < -0.39 is 15.9 Å². The van der Waals surface area contributed by atoms with Crippen LogP contribution in [-0.4, -0.2) is 26.8 Å². The lowest BCUT2D eigenvalue weighted by Crippen LogP contribution is -2.39.